The third-order valence-corrected chi connectivity index (χ3v) is 5.47. The van der Waals surface area contributed by atoms with Crippen molar-refractivity contribution in [1.82, 2.24) is 5.32 Å². The summed E-state index contributed by atoms with van der Waals surface area (Å²) >= 11 is 1.73. The van der Waals surface area contributed by atoms with E-state index in [0.29, 0.717) is 11.3 Å². The molecule has 4 nitrogen and oxygen atoms in total. The van der Waals surface area contributed by atoms with Crippen LogP contribution in [-0.2, 0) is 5.75 Å². The zero-order valence-corrected chi connectivity index (χ0v) is 17.1. The number of allylic oxidation sites excluding steroid dienone is 3. The maximum absolute atomic E-state index is 11.8. The van der Waals surface area contributed by atoms with Gasteiger partial charge in [-0.15, -0.1) is 11.8 Å². The Hall–Kier alpha value is -2.66. The zero-order valence-electron chi connectivity index (χ0n) is 16.3. The lowest BCUT2D eigenvalue weighted by Crippen LogP contribution is -2.13. The molecule has 0 saturated carbocycles. The molecule has 2 aromatic carbocycles. The van der Waals surface area contributed by atoms with E-state index in [2.05, 4.69) is 36.2 Å². The Labute approximate surface area is 165 Å². The molecule has 0 unspecified atom stereocenters. The van der Waals surface area contributed by atoms with E-state index >= 15 is 0 Å². The van der Waals surface area contributed by atoms with Gasteiger partial charge in [-0.1, -0.05) is 36.9 Å². The lowest BCUT2D eigenvalue weighted by atomic mass is 9.98. The lowest BCUT2D eigenvalue weighted by molar-refractivity contribution is 0.0997. The van der Waals surface area contributed by atoms with E-state index in [0.717, 1.165) is 38.3 Å². The first-order chi connectivity index (χ1) is 13.0. The van der Waals surface area contributed by atoms with Crippen molar-refractivity contribution in [3.8, 4) is 5.75 Å². The van der Waals surface area contributed by atoms with Gasteiger partial charge in [-0.05, 0) is 47.9 Å². The molecule has 2 rings (SSSR count). The largest absolute Gasteiger partial charge is 0.496 e. The number of amides is 1. The number of hydrogen-bond donors (Lipinski definition) is 2. The van der Waals surface area contributed by atoms with Gasteiger partial charge in [-0.25, -0.2) is 0 Å². The van der Waals surface area contributed by atoms with Crippen molar-refractivity contribution in [2.75, 3.05) is 14.2 Å². The van der Waals surface area contributed by atoms with Gasteiger partial charge in [0.2, 0.25) is 0 Å². The normalized spacial score (nSPS) is 12.1. The average molecular weight is 383 g/mol. The Morgan fingerprint density at radius 2 is 2.11 bits per heavy atom. The Morgan fingerprint density at radius 1 is 1.37 bits per heavy atom. The fourth-order valence-electron chi connectivity index (χ4n) is 3.01. The summed E-state index contributed by atoms with van der Waals surface area (Å²) in [5, 5.41) is 5.20. The van der Waals surface area contributed by atoms with Crippen LogP contribution in [-0.4, -0.2) is 20.1 Å². The number of aryl methyl sites for hydroxylation is 1. The number of rotatable bonds is 8. The average Bonchev–Trinajstić information content (AvgIpc) is 2.66. The SMILES string of the molecule is C=C/C(NC)=C(\C=C/C)SCc1ccc2c(C)c(OC)c(C(N)=O)cc2c1. The summed E-state index contributed by atoms with van der Waals surface area (Å²) in [4.78, 5) is 12.9. The zero-order chi connectivity index (χ0) is 20.0. The number of nitrogens with two attached hydrogens (primary N) is 1. The van der Waals surface area contributed by atoms with Crippen LogP contribution < -0.4 is 15.8 Å². The number of ether oxygens (including phenoxy) is 1. The molecule has 0 bridgehead atoms. The van der Waals surface area contributed by atoms with Gasteiger partial charge in [-0.3, -0.25) is 4.79 Å². The summed E-state index contributed by atoms with van der Waals surface area (Å²) in [5.41, 5.74) is 9.01. The number of carbonyl (C=O) groups is 1. The van der Waals surface area contributed by atoms with Crippen molar-refractivity contribution in [3.63, 3.8) is 0 Å². The number of primary amides is 1. The molecule has 0 fully saturated rings. The van der Waals surface area contributed by atoms with E-state index in [1.165, 1.54) is 0 Å². The van der Waals surface area contributed by atoms with Crippen LogP contribution in [0, 0.1) is 6.92 Å². The monoisotopic (exact) mass is 382 g/mol. The standard InChI is InChI=1S/C22H26N2O2S/c1-6-8-20(19(7-2)24-4)27-13-15-9-10-17-14(3)21(26-5)18(22(23)25)12-16(17)11-15/h6-12,24H,2,13H2,1,3-5H3,(H2,23,25)/b8-6-,20-19-. The first kappa shape index (κ1) is 20.6. The van der Waals surface area contributed by atoms with Gasteiger partial charge in [-0.2, -0.15) is 0 Å². The van der Waals surface area contributed by atoms with Gasteiger partial charge in [0.1, 0.15) is 5.75 Å². The molecule has 0 heterocycles. The van der Waals surface area contributed by atoms with Crippen LogP contribution in [0.1, 0.15) is 28.4 Å². The minimum Gasteiger partial charge on any atom is -0.496 e. The fourth-order valence-corrected chi connectivity index (χ4v) is 4.08. The highest BCUT2D eigenvalue weighted by atomic mass is 32.2. The molecule has 27 heavy (non-hydrogen) atoms. The molecule has 0 aliphatic carbocycles. The highest BCUT2D eigenvalue weighted by Crippen LogP contribution is 2.33. The van der Waals surface area contributed by atoms with Crippen LogP contribution in [0.2, 0.25) is 0 Å². The quantitative estimate of drug-likeness (QED) is 0.651. The molecule has 1 amide bonds. The highest BCUT2D eigenvalue weighted by molar-refractivity contribution is 8.02. The second kappa shape index (κ2) is 9.33. The van der Waals surface area contributed by atoms with Crippen molar-refractivity contribution in [3.05, 3.63) is 76.4 Å². The van der Waals surface area contributed by atoms with Gasteiger partial charge in [0.15, 0.2) is 0 Å². The third kappa shape index (κ3) is 4.55. The number of hydrogen-bond acceptors (Lipinski definition) is 4. The van der Waals surface area contributed by atoms with E-state index in [1.54, 1.807) is 18.9 Å². The maximum Gasteiger partial charge on any atom is 0.252 e. The molecule has 0 radical (unpaired) electrons. The van der Waals surface area contributed by atoms with Crippen molar-refractivity contribution >= 4 is 28.4 Å². The van der Waals surface area contributed by atoms with E-state index in [4.69, 9.17) is 10.5 Å². The summed E-state index contributed by atoms with van der Waals surface area (Å²) in [7, 11) is 3.44. The number of fused-ring (bicyclic) bond motifs is 1. The van der Waals surface area contributed by atoms with Crippen molar-refractivity contribution in [1.29, 1.82) is 0 Å². The molecule has 3 N–H and O–H groups in total. The van der Waals surface area contributed by atoms with Crippen LogP contribution in [0.4, 0.5) is 0 Å². The Morgan fingerprint density at radius 3 is 2.67 bits per heavy atom. The van der Waals surface area contributed by atoms with Crippen molar-refractivity contribution in [2.24, 2.45) is 5.73 Å². The minimum absolute atomic E-state index is 0.408. The molecule has 0 spiro atoms. The number of methoxy groups -OCH3 is 1. The van der Waals surface area contributed by atoms with Crippen LogP contribution in [0.3, 0.4) is 0 Å². The van der Waals surface area contributed by atoms with Crippen LogP contribution in [0.25, 0.3) is 10.8 Å². The van der Waals surface area contributed by atoms with Crippen LogP contribution in [0.5, 0.6) is 5.75 Å². The Balaban J connectivity index is 2.42. The van der Waals surface area contributed by atoms with E-state index in [9.17, 15) is 4.79 Å². The summed E-state index contributed by atoms with van der Waals surface area (Å²) < 4.78 is 5.40. The molecule has 0 aliphatic rings. The molecular weight excluding hydrogens is 356 g/mol. The van der Waals surface area contributed by atoms with Crippen LogP contribution in [0.15, 0.2) is 59.7 Å². The highest BCUT2D eigenvalue weighted by Gasteiger charge is 2.15. The fraction of sp³-hybridized carbons (Fsp3) is 0.227. The third-order valence-electron chi connectivity index (χ3n) is 4.33. The predicted molar refractivity (Wildman–Crippen MR) is 116 cm³/mol. The molecule has 0 aliphatic heterocycles. The Bertz CT molecular complexity index is 930. The number of benzene rings is 2. The molecule has 2 aromatic rings. The van der Waals surface area contributed by atoms with E-state index in [1.807, 2.05) is 39.1 Å². The minimum atomic E-state index is -0.487. The van der Waals surface area contributed by atoms with E-state index in [-0.39, 0.29) is 0 Å². The second-order valence-corrected chi connectivity index (χ2v) is 7.04. The number of nitrogens with one attached hydrogen (secondary N) is 1. The lowest BCUT2D eigenvalue weighted by Gasteiger charge is -2.14. The molecule has 0 aromatic heterocycles. The van der Waals surface area contributed by atoms with Gasteiger partial charge < -0.3 is 15.8 Å². The predicted octanol–water partition coefficient (Wildman–Crippen LogP) is 4.68. The number of likely N-dealkylation sites (N-methyl/N-ethyl adjacent to an activating group) is 1. The Kier molecular flexibility index (Phi) is 7.13. The molecule has 5 heteroatoms. The first-order valence-corrected chi connectivity index (χ1v) is 9.65. The first-order valence-electron chi connectivity index (χ1n) is 8.66. The number of thioether (sulfide) groups is 1. The van der Waals surface area contributed by atoms with Crippen LogP contribution >= 0.6 is 11.8 Å². The molecular formula is C22H26N2O2S. The smallest absolute Gasteiger partial charge is 0.252 e. The van der Waals surface area contributed by atoms with Gasteiger partial charge in [0.25, 0.3) is 5.91 Å². The van der Waals surface area contributed by atoms with Gasteiger partial charge in [0.05, 0.1) is 12.7 Å². The van der Waals surface area contributed by atoms with E-state index < -0.39 is 5.91 Å². The summed E-state index contributed by atoms with van der Waals surface area (Å²) in [5.74, 6) is 0.852. The number of carbonyl (C=O) groups excluding carboxylic acids is 1. The topological polar surface area (TPSA) is 64.3 Å². The van der Waals surface area contributed by atoms with Gasteiger partial charge in [0, 0.05) is 23.4 Å². The molecule has 142 valence electrons. The summed E-state index contributed by atoms with van der Waals surface area (Å²) in [6.07, 6.45) is 5.90. The van der Waals surface area contributed by atoms with Gasteiger partial charge >= 0.3 is 0 Å². The molecule has 0 saturated heterocycles. The van der Waals surface area contributed by atoms with Crippen molar-refractivity contribution in [2.45, 2.75) is 19.6 Å². The van der Waals surface area contributed by atoms with Crippen molar-refractivity contribution < 1.29 is 9.53 Å². The second-order valence-electron chi connectivity index (χ2n) is 6.02. The molecule has 0 atom stereocenters. The summed E-state index contributed by atoms with van der Waals surface area (Å²) in [6.45, 7) is 7.80. The maximum atomic E-state index is 11.8. The summed E-state index contributed by atoms with van der Waals surface area (Å²) in [6, 6.07) is 8.08.